The molecule has 1 aliphatic heterocycles. The van der Waals surface area contributed by atoms with Gasteiger partial charge in [-0.3, -0.25) is 9.69 Å². The summed E-state index contributed by atoms with van der Waals surface area (Å²) in [5, 5.41) is 29.8. The summed E-state index contributed by atoms with van der Waals surface area (Å²) in [6.45, 7) is 1.68. The van der Waals surface area contributed by atoms with Gasteiger partial charge in [0.2, 0.25) is 0 Å². The second-order valence-corrected chi connectivity index (χ2v) is 9.48. The predicted molar refractivity (Wildman–Crippen MR) is 144 cm³/mol. The van der Waals surface area contributed by atoms with E-state index in [1.807, 2.05) is 6.07 Å². The molecule has 0 atom stereocenters. The number of benzene rings is 2. The Balaban J connectivity index is 1.67. The van der Waals surface area contributed by atoms with Gasteiger partial charge in [0.15, 0.2) is 5.82 Å². The van der Waals surface area contributed by atoms with E-state index < -0.39 is 17.6 Å². The van der Waals surface area contributed by atoms with Crippen LogP contribution in [0.3, 0.4) is 0 Å². The Morgan fingerprint density at radius 3 is 2.54 bits per heavy atom. The number of alkyl halides is 3. The monoisotopic (exact) mass is 556 g/mol. The van der Waals surface area contributed by atoms with Crippen molar-refractivity contribution in [3.05, 3.63) is 76.6 Å². The molecule has 0 saturated heterocycles. The van der Waals surface area contributed by atoms with Crippen LogP contribution in [-0.2, 0) is 26.2 Å². The number of anilines is 2. The van der Waals surface area contributed by atoms with E-state index in [4.69, 9.17) is 5.26 Å². The molecule has 206 valence electrons. The Labute approximate surface area is 233 Å². The van der Waals surface area contributed by atoms with Crippen LogP contribution in [0.1, 0.15) is 46.0 Å². The van der Waals surface area contributed by atoms with Crippen LogP contribution in [0.2, 0.25) is 0 Å². The molecule has 0 unspecified atom stereocenters. The topological polar surface area (TPSA) is 124 Å². The van der Waals surface area contributed by atoms with E-state index in [0.29, 0.717) is 45.9 Å². The molecule has 0 saturated carbocycles. The van der Waals surface area contributed by atoms with Crippen LogP contribution < -0.4 is 10.2 Å². The molecule has 12 heteroatoms. The van der Waals surface area contributed by atoms with Gasteiger partial charge in [0, 0.05) is 24.7 Å². The maximum Gasteiger partial charge on any atom is 0.416 e. The first-order chi connectivity index (χ1) is 19.6. The van der Waals surface area contributed by atoms with Crippen LogP contribution in [-0.4, -0.2) is 32.2 Å². The molecule has 41 heavy (non-hydrogen) atoms. The van der Waals surface area contributed by atoms with E-state index in [2.05, 4.69) is 26.6 Å². The van der Waals surface area contributed by atoms with Gasteiger partial charge in [-0.25, -0.2) is 4.98 Å². The number of carbonyl (C=O) groups excluding carboxylic acids is 1. The van der Waals surface area contributed by atoms with Crippen LogP contribution in [0, 0.1) is 22.7 Å². The standard InChI is InChI=1S/C29H23F3N8O/c1-3-17-9-22-23(24(11-17)29(30,31)32)15-40(28(22)41)26-13-19(12-25(37-26)35-8-4-7-33)21-10-18(14-34)5-6-20(21)27-38-36-16-39(27)2/h5-6,9-13,16H,3-4,8,15H2,1-2H3,(H,35,37). The molecule has 0 radical (unpaired) electrons. The smallest absolute Gasteiger partial charge is 0.369 e. The number of rotatable bonds is 7. The van der Waals surface area contributed by atoms with Gasteiger partial charge < -0.3 is 9.88 Å². The van der Waals surface area contributed by atoms with E-state index >= 15 is 0 Å². The molecular weight excluding hydrogens is 533 g/mol. The molecule has 0 aliphatic carbocycles. The summed E-state index contributed by atoms with van der Waals surface area (Å²) >= 11 is 0. The molecule has 1 amide bonds. The minimum absolute atomic E-state index is 0.00545. The van der Waals surface area contributed by atoms with Crippen LogP contribution >= 0.6 is 0 Å². The van der Waals surface area contributed by atoms with E-state index in [0.717, 1.165) is 6.07 Å². The van der Waals surface area contributed by atoms with E-state index in [-0.39, 0.29) is 36.5 Å². The van der Waals surface area contributed by atoms with Gasteiger partial charge in [0.25, 0.3) is 5.91 Å². The highest BCUT2D eigenvalue weighted by atomic mass is 19.4. The lowest BCUT2D eigenvalue weighted by molar-refractivity contribution is -0.138. The minimum Gasteiger partial charge on any atom is -0.369 e. The maximum atomic E-state index is 14.0. The summed E-state index contributed by atoms with van der Waals surface area (Å²) in [5.41, 5.74) is 1.61. The lowest BCUT2D eigenvalue weighted by atomic mass is 9.97. The highest BCUT2D eigenvalue weighted by Gasteiger charge is 2.40. The van der Waals surface area contributed by atoms with Crippen LogP contribution in [0.15, 0.2) is 48.8 Å². The normalized spacial score (nSPS) is 12.7. The quantitative estimate of drug-likeness (QED) is 0.299. The summed E-state index contributed by atoms with van der Waals surface area (Å²) in [7, 11) is 1.77. The third kappa shape index (κ3) is 5.20. The van der Waals surface area contributed by atoms with Gasteiger partial charge >= 0.3 is 6.18 Å². The Hall–Kier alpha value is -5.23. The number of fused-ring (bicyclic) bond motifs is 1. The average molecular weight is 557 g/mol. The van der Waals surface area contributed by atoms with Crippen molar-refractivity contribution < 1.29 is 18.0 Å². The first-order valence-corrected chi connectivity index (χ1v) is 12.7. The molecule has 3 heterocycles. The van der Waals surface area contributed by atoms with Gasteiger partial charge in [-0.15, -0.1) is 10.2 Å². The summed E-state index contributed by atoms with van der Waals surface area (Å²) in [5.74, 6) is 0.370. The fraction of sp³-hybridized carbons (Fsp3) is 0.241. The first-order valence-electron chi connectivity index (χ1n) is 12.7. The van der Waals surface area contributed by atoms with Crippen molar-refractivity contribution in [3.63, 3.8) is 0 Å². The zero-order chi connectivity index (χ0) is 29.3. The minimum atomic E-state index is -4.63. The Kier molecular flexibility index (Phi) is 7.16. The molecule has 2 aromatic heterocycles. The average Bonchev–Trinajstić information content (AvgIpc) is 3.54. The fourth-order valence-corrected chi connectivity index (χ4v) is 4.83. The molecular formula is C29H23F3N8O. The third-order valence-corrected chi connectivity index (χ3v) is 6.86. The van der Waals surface area contributed by atoms with E-state index in [9.17, 15) is 23.2 Å². The molecule has 2 aromatic carbocycles. The van der Waals surface area contributed by atoms with Crippen molar-refractivity contribution in [2.24, 2.45) is 7.05 Å². The number of nitrogens with zero attached hydrogens (tertiary/aromatic N) is 7. The lowest BCUT2D eigenvalue weighted by Crippen LogP contribution is -2.24. The Morgan fingerprint density at radius 2 is 1.88 bits per heavy atom. The number of halogens is 3. The number of hydrogen-bond donors (Lipinski definition) is 1. The Bertz CT molecular complexity index is 1750. The molecule has 9 nitrogen and oxygen atoms in total. The SMILES string of the molecule is CCc1cc2c(c(C(F)(F)F)c1)CN(c1cc(-c3cc(C#N)ccc3-c3nncn3C)cc(NCCC#N)n1)C2=O. The number of aryl methyl sites for hydroxylation is 2. The summed E-state index contributed by atoms with van der Waals surface area (Å²) in [4.78, 5) is 19.3. The molecule has 1 N–H and O–H groups in total. The van der Waals surface area contributed by atoms with Gasteiger partial charge in [-0.2, -0.15) is 23.7 Å². The number of pyridine rings is 1. The highest BCUT2D eigenvalue weighted by molar-refractivity contribution is 6.10. The van der Waals surface area contributed by atoms with Gasteiger partial charge in [-0.05, 0) is 71.1 Å². The summed E-state index contributed by atoms with van der Waals surface area (Å²) in [6.07, 6.45) is -2.58. The van der Waals surface area contributed by atoms with E-state index in [1.165, 1.54) is 17.3 Å². The van der Waals surface area contributed by atoms with E-state index in [1.54, 1.807) is 48.9 Å². The zero-order valence-electron chi connectivity index (χ0n) is 22.1. The van der Waals surface area contributed by atoms with Crippen molar-refractivity contribution in [1.29, 1.82) is 10.5 Å². The van der Waals surface area contributed by atoms with Crippen LogP contribution in [0.4, 0.5) is 24.8 Å². The predicted octanol–water partition coefficient (Wildman–Crippen LogP) is 5.48. The number of nitriles is 2. The molecule has 5 rings (SSSR count). The number of amides is 1. The van der Waals surface area contributed by atoms with Gasteiger partial charge in [0.05, 0.1) is 36.2 Å². The summed E-state index contributed by atoms with van der Waals surface area (Å²) < 4.78 is 43.7. The molecule has 0 bridgehead atoms. The zero-order valence-corrected chi connectivity index (χ0v) is 22.1. The second-order valence-electron chi connectivity index (χ2n) is 9.48. The van der Waals surface area contributed by atoms with Crippen LogP contribution in [0.25, 0.3) is 22.5 Å². The highest BCUT2D eigenvalue weighted by Crippen LogP contribution is 2.41. The molecule has 4 aromatic rings. The van der Waals surface area contributed by atoms with Crippen molar-refractivity contribution in [3.8, 4) is 34.7 Å². The van der Waals surface area contributed by atoms with Crippen molar-refractivity contribution in [2.75, 3.05) is 16.8 Å². The van der Waals surface area contributed by atoms with Crippen molar-refractivity contribution in [2.45, 2.75) is 32.5 Å². The second kappa shape index (κ2) is 10.7. The molecule has 1 aliphatic rings. The number of nitrogens with one attached hydrogen (secondary N) is 1. The lowest BCUT2D eigenvalue weighted by Gasteiger charge is -2.19. The number of hydrogen-bond acceptors (Lipinski definition) is 7. The summed E-state index contributed by atoms with van der Waals surface area (Å²) in [6, 6.07) is 15.1. The maximum absolute atomic E-state index is 14.0. The Morgan fingerprint density at radius 1 is 1.07 bits per heavy atom. The molecule has 0 spiro atoms. The third-order valence-electron chi connectivity index (χ3n) is 6.86. The molecule has 0 fully saturated rings. The van der Waals surface area contributed by atoms with Crippen molar-refractivity contribution >= 4 is 17.5 Å². The van der Waals surface area contributed by atoms with Crippen LogP contribution in [0.5, 0.6) is 0 Å². The van der Waals surface area contributed by atoms with Gasteiger partial charge in [-0.1, -0.05) is 6.92 Å². The number of aromatic nitrogens is 4. The largest absolute Gasteiger partial charge is 0.416 e. The van der Waals surface area contributed by atoms with Crippen molar-refractivity contribution in [1.82, 2.24) is 19.7 Å². The first kappa shape index (κ1) is 27.3. The fourth-order valence-electron chi connectivity index (χ4n) is 4.83. The van der Waals surface area contributed by atoms with Gasteiger partial charge in [0.1, 0.15) is 18.0 Å². The number of carbonyl (C=O) groups is 1.